The Morgan fingerprint density at radius 2 is 2.14 bits per heavy atom. The maximum Gasteiger partial charge on any atom is 0.268 e. The molecule has 0 aliphatic carbocycles. The van der Waals surface area contributed by atoms with E-state index in [0.29, 0.717) is 0 Å². The normalized spacial score (nSPS) is 10.6. The molecule has 1 heterocycles. The van der Waals surface area contributed by atoms with Crippen LogP contribution in [0.25, 0.3) is 0 Å². The average molecular weight is 313 g/mol. The zero-order valence-electron chi connectivity index (χ0n) is 6.80. The van der Waals surface area contributed by atoms with Crippen molar-refractivity contribution in [2.45, 2.75) is 6.43 Å². The maximum absolute atomic E-state index is 12.3. The highest BCUT2D eigenvalue weighted by Gasteiger charge is 2.18. The molecule has 76 valence electrons. The number of nitrogen functional groups attached to an aromatic ring is 1. The number of rotatable bonds is 2. The van der Waals surface area contributed by atoms with Gasteiger partial charge in [0.25, 0.3) is 12.3 Å². The smallest absolute Gasteiger partial charge is 0.268 e. The highest BCUT2D eigenvalue weighted by molar-refractivity contribution is 14.1. The van der Waals surface area contributed by atoms with Crippen molar-refractivity contribution >= 4 is 34.2 Å². The lowest BCUT2D eigenvalue weighted by Crippen LogP contribution is -2.17. The minimum Gasteiger partial charge on any atom is -0.397 e. The summed E-state index contributed by atoms with van der Waals surface area (Å²) in [6, 6.07) is 0. The van der Waals surface area contributed by atoms with Crippen molar-refractivity contribution in [2.75, 3.05) is 5.73 Å². The molecule has 0 unspecified atom stereocenters. The Balaban J connectivity index is 3.33. The molecule has 0 aromatic carbocycles. The second-order valence-electron chi connectivity index (χ2n) is 2.45. The molecule has 0 saturated carbocycles. The summed E-state index contributed by atoms with van der Waals surface area (Å²) in [7, 11) is 0. The third-order valence-corrected chi connectivity index (χ3v) is 2.65. The van der Waals surface area contributed by atoms with Crippen molar-refractivity contribution in [2.24, 2.45) is 5.73 Å². The third-order valence-electron chi connectivity index (χ3n) is 1.56. The quantitative estimate of drug-likeness (QED) is 0.808. The fourth-order valence-electron chi connectivity index (χ4n) is 0.860. The highest BCUT2D eigenvalue weighted by atomic mass is 127. The van der Waals surface area contributed by atoms with Crippen LogP contribution >= 0.6 is 22.6 Å². The van der Waals surface area contributed by atoms with Crippen LogP contribution in [0.5, 0.6) is 0 Å². The zero-order valence-corrected chi connectivity index (χ0v) is 8.96. The largest absolute Gasteiger partial charge is 0.397 e. The number of anilines is 1. The molecule has 1 aromatic rings. The van der Waals surface area contributed by atoms with Crippen molar-refractivity contribution in [3.63, 3.8) is 0 Å². The standard InChI is InChI=1S/C7H6F2IN3O/c8-6(9)2-1-13-5(7(12)14)3(10)4(2)11/h1,6H,(H2,11,13)(H2,12,14). The van der Waals surface area contributed by atoms with Crippen molar-refractivity contribution in [1.29, 1.82) is 0 Å². The highest BCUT2D eigenvalue weighted by Crippen LogP contribution is 2.29. The van der Waals surface area contributed by atoms with E-state index < -0.39 is 12.3 Å². The Morgan fingerprint density at radius 1 is 1.57 bits per heavy atom. The Bertz CT molecular complexity index is 383. The Labute approximate surface area is 91.8 Å². The molecule has 1 amide bonds. The van der Waals surface area contributed by atoms with Gasteiger partial charge in [-0.25, -0.2) is 13.8 Å². The number of hydrogen-bond acceptors (Lipinski definition) is 3. The number of alkyl halides is 2. The van der Waals surface area contributed by atoms with Gasteiger partial charge in [-0.05, 0) is 22.6 Å². The summed E-state index contributed by atoms with van der Waals surface area (Å²) >= 11 is 1.66. The van der Waals surface area contributed by atoms with E-state index in [4.69, 9.17) is 11.5 Å². The second-order valence-corrected chi connectivity index (χ2v) is 3.53. The van der Waals surface area contributed by atoms with Gasteiger partial charge in [0.1, 0.15) is 5.69 Å². The number of halogens is 3. The summed E-state index contributed by atoms with van der Waals surface area (Å²) in [5.41, 5.74) is 9.72. The van der Waals surface area contributed by atoms with Crippen LogP contribution in [0, 0.1) is 3.57 Å². The second kappa shape index (κ2) is 4.03. The number of carbonyl (C=O) groups excluding carboxylic acids is 1. The van der Waals surface area contributed by atoms with E-state index in [1.165, 1.54) is 0 Å². The zero-order chi connectivity index (χ0) is 10.9. The van der Waals surface area contributed by atoms with Gasteiger partial charge in [0.2, 0.25) is 0 Å². The molecule has 14 heavy (non-hydrogen) atoms. The molecule has 1 aromatic heterocycles. The number of primary amides is 1. The van der Waals surface area contributed by atoms with E-state index in [1.807, 2.05) is 0 Å². The van der Waals surface area contributed by atoms with E-state index in [1.54, 1.807) is 22.6 Å². The number of nitrogens with two attached hydrogens (primary N) is 2. The number of pyridine rings is 1. The van der Waals surface area contributed by atoms with Gasteiger partial charge in [-0.3, -0.25) is 4.79 Å². The molecule has 0 aliphatic heterocycles. The van der Waals surface area contributed by atoms with Gasteiger partial charge in [0.15, 0.2) is 0 Å². The molecule has 4 N–H and O–H groups in total. The van der Waals surface area contributed by atoms with E-state index >= 15 is 0 Å². The monoisotopic (exact) mass is 313 g/mol. The van der Waals surface area contributed by atoms with Gasteiger partial charge in [-0.1, -0.05) is 0 Å². The third kappa shape index (κ3) is 1.91. The summed E-state index contributed by atoms with van der Waals surface area (Å²) < 4.78 is 24.8. The lowest BCUT2D eigenvalue weighted by atomic mass is 10.2. The Hall–Kier alpha value is -0.990. The lowest BCUT2D eigenvalue weighted by Gasteiger charge is -2.07. The van der Waals surface area contributed by atoms with E-state index in [9.17, 15) is 13.6 Å². The van der Waals surface area contributed by atoms with Gasteiger partial charge in [-0.2, -0.15) is 0 Å². The van der Waals surface area contributed by atoms with Gasteiger partial charge < -0.3 is 11.5 Å². The summed E-state index contributed by atoms with van der Waals surface area (Å²) in [6.45, 7) is 0. The maximum atomic E-state index is 12.3. The summed E-state index contributed by atoms with van der Waals surface area (Å²) in [4.78, 5) is 14.3. The first kappa shape index (κ1) is 11.1. The van der Waals surface area contributed by atoms with E-state index in [2.05, 4.69) is 4.98 Å². The van der Waals surface area contributed by atoms with Gasteiger partial charge in [0, 0.05) is 6.20 Å². The van der Waals surface area contributed by atoms with Crippen LogP contribution in [0.4, 0.5) is 14.5 Å². The van der Waals surface area contributed by atoms with E-state index in [-0.39, 0.29) is 20.5 Å². The Morgan fingerprint density at radius 3 is 2.57 bits per heavy atom. The fraction of sp³-hybridized carbons (Fsp3) is 0.143. The first-order chi connectivity index (χ1) is 6.45. The molecule has 0 bridgehead atoms. The molecular weight excluding hydrogens is 307 g/mol. The van der Waals surface area contributed by atoms with Crippen molar-refractivity contribution in [3.8, 4) is 0 Å². The predicted molar refractivity (Wildman–Crippen MR) is 54.8 cm³/mol. The molecule has 0 aliphatic rings. The van der Waals surface area contributed by atoms with Crippen LogP contribution in [0.3, 0.4) is 0 Å². The summed E-state index contributed by atoms with van der Waals surface area (Å²) in [5, 5.41) is 0. The van der Waals surface area contributed by atoms with Crippen molar-refractivity contribution in [3.05, 3.63) is 21.0 Å². The fourth-order valence-corrected chi connectivity index (χ4v) is 1.58. The summed E-state index contributed by atoms with van der Waals surface area (Å²) in [6.07, 6.45) is -1.85. The van der Waals surface area contributed by atoms with Crippen LogP contribution in [-0.2, 0) is 0 Å². The van der Waals surface area contributed by atoms with Gasteiger partial charge in [-0.15, -0.1) is 0 Å². The van der Waals surface area contributed by atoms with Gasteiger partial charge in [0.05, 0.1) is 14.8 Å². The topological polar surface area (TPSA) is 82.0 Å². The minimum absolute atomic E-state index is 0.0903. The van der Waals surface area contributed by atoms with Gasteiger partial charge >= 0.3 is 0 Å². The molecule has 7 heteroatoms. The number of carbonyl (C=O) groups is 1. The molecule has 0 fully saturated rings. The number of aromatic nitrogens is 1. The molecular formula is C7H6F2IN3O. The lowest BCUT2D eigenvalue weighted by molar-refractivity contribution is 0.0994. The molecule has 0 atom stereocenters. The molecule has 0 spiro atoms. The van der Waals surface area contributed by atoms with Crippen LogP contribution < -0.4 is 11.5 Å². The average Bonchev–Trinajstić information content (AvgIpc) is 2.08. The van der Waals surface area contributed by atoms with Crippen molar-refractivity contribution in [1.82, 2.24) is 4.98 Å². The number of hydrogen-bond donors (Lipinski definition) is 2. The Kier molecular flexibility index (Phi) is 3.19. The van der Waals surface area contributed by atoms with Crippen LogP contribution in [0.15, 0.2) is 6.20 Å². The molecule has 1 rings (SSSR count). The first-order valence-corrected chi connectivity index (χ1v) is 4.54. The van der Waals surface area contributed by atoms with Crippen LogP contribution in [0.2, 0.25) is 0 Å². The predicted octanol–water partition coefficient (Wildman–Crippen LogP) is 1.30. The van der Waals surface area contributed by atoms with Crippen LogP contribution in [0.1, 0.15) is 22.5 Å². The van der Waals surface area contributed by atoms with E-state index in [0.717, 1.165) is 6.20 Å². The van der Waals surface area contributed by atoms with Crippen LogP contribution in [-0.4, -0.2) is 10.9 Å². The molecule has 0 saturated heterocycles. The summed E-state index contributed by atoms with van der Waals surface area (Å²) in [5.74, 6) is -0.790. The van der Waals surface area contributed by atoms with Crippen molar-refractivity contribution < 1.29 is 13.6 Å². The first-order valence-electron chi connectivity index (χ1n) is 3.47. The number of amides is 1. The molecule has 4 nitrogen and oxygen atoms in total. The molecule has 0 radical (unpaired) electrons. The SMILES string of the molecule is NC(=O)c1ncc(C(F)F)c(N)c1I. The minimum atomic E-state index is -2.71. The number of nitrogens with zero attached hydrogens (tertiary/aromatic N) is 1.